The number of hydrogen-bond donors (Lipinski definition) is 1. The van der Waals surface area contributed by atoms with Crippen LogP contribution in [0.4, 0.5) is 0 Å². The monoisotopic (exact) mass is 253 g/mol. The molecule has 0 heterocycles. The quantitative estimate of drug-likeness (QED) is 0.406. The lowest BCUT2D eigenvalue weighted by Gasteiger charge is -2.22. The van der Waals surface area contributed by atoms with Gasteiger partial charge >= 0.3 is 0 Å². The fraction of sp³-hybridized carbons (Fsp3) is 0.929. The van der Waals surface area contributed by atoms with Crippen LogP contribution in [0.3, 0.4) is 0 Å². The van der Waals surface area contributed by atoms with E-state index in [1.54, 1.807) is 0 Å². The van der Waals surface area contributed by atoms with Crippen LogP contribution in [-0.2, 0) is 4.74 Å². The van der Waals surface area contributed by atoms with Crippen molar-refractivity contribution in [3.8, 4) is 0 Å². The van der Waals surface area contributed by atoms with Gasteiger partial charge in [-0.1, -0.05) is 12.8 Å². The largest absolute Gasteiger partial charge is 0.379 e. The molecule has 0 radical (unpaired) electrons. The summed E-state index contributed by atoms with van der Waals surface area (Å²) in [6, 6.07) is 0. The van der Waals surface area contributed by atoms with Gasteiger partial charge in [0.15, 0.2) is 5.96 Å². The zero-order chi connectivity index (χ0) is 12.8. The Morgan fingerprint density at radius 3 is 2.61 bits per heavy atom. The lowest BCUT2D eigenvalue weighted by molar-refractivity contribution is 0.115. The molecule has 0 amide bonds. The summed E-state index contributed by atoms with van der Waals surface area (Å²) < 4.78 is 5.65. The Hall–Kier alpha value is -0.770. The summed E-state index contributed by atoms with van der Waals surface area (Å²) in [5.74, 6) is 2.82. The molecule has 0 spiro atoms. The smallest absolute Gasteiger partial charge is 0.193 e. The van der Waals surface area contributed by atoms with Crippen LogP contribution in [0.2, 0.25) is 0 Å². The second-order valence-electron chi connectivity index (χ2n) is 5.65. The normalized spacial score (nSPS) is 20.0. The molecule has 0 aromatic rings. The zero-order valence-electron chi connectivity index (χ0n) is 11.8. The summed E-state index contributed by atoms with van der Waals surface area (Å²) in [4.78, 5) is 6.46. The number of nitrogens with one attached hydrogen (secondary N) is 1. The average molecular weight is 253 g/mol. The van der Waals surface area contributed by atoms with Gasteiger partial charge in [-0.05, 0) is 31.1 Å². The fourth-order valence-corrected chi connectivity index (χ4v) is 2.02. The van der Waals surface area contributed by atoms with Gasteiger partial charge in [-0.15, -0.1) is 0 Å². The van der Waals surface area contributed by atoms with Crippen molar-refractivity contribution in [1.82, 2.24) is 10.2 Å². The number of ether oxygens (including phenoxy) is 1. The van der Waals surface area contributed by atoms with E-state index in [4.69, 9.17) is 4.74 Å². The minimum Gasteiger partial charge on any atom is -0.379 e. The van der Waals surface area contributed by atoms with Gasteiger partial charge in [0.1, 0.15) is 0 Å². The predicted molar refractivity (Wildman–Crippen MR) is 74.9 cm³/mol. The second-order valence-corrected chi connectivity index (χ2v) is 5.65. The molecular formula is C14H27N3O. The molecule has 0 atom stereocenters. The highest BCUT2D eigenvalue weighted by molar-refractivity contribution is 5.79. The number of aliphatic imine (C=N–C) groups is 1. The average Bonchev–Trinajstić information content (AvgIpc) is 3.24. The molecule has 0 unspecified atom stereocenters. The molecule has 4 heteroatoms. The summed E-state index contributed by atoms with van der Waals surface area (Å²) in [5.41, 5.74) is 0. The van der Waals surface area contributed by atoms with Crippen LogP contribution in [0, 0.1) is 11.8 Å². The van der Waals surface area contributed by atoms with Gasteiger partial charge in [0.05, 0.1) is 6.61 Å². The van der Waals surface area contributed by atoms with Crippen molar-refractivity contribution in [1.29, 1.82) is 0 Å². The highest BCUT2D eigenvalue weighted by Gasteiger charge is 2.21. The van der Waals surface area contributed by atoms with E-state index >= 15 is 0 Å². The van der Waals surface area contributed by atoms with E-state index in [2.05, 4.69) is 22.3 Å². The maximum absolute atomic E-state index is 5.65. The van der Waals surface area contributed by atoms with Crippen molar-refractivity contribution in [3.63, 3.8) is 0 Å². The lowest BCUT2D eigenvalue weighted by atomic mass is 10.3. The van der Waals surface area contributed by atoms with Crippen molar-refractivity contribution >= 4 is 5.96 Å². The zero-order valence-corrected chi connectivity index (χ0v) is 11.8. The second kappa shape index (κ2) is 6.98. The number of nitrogens with zero attached hydrogens (tertiary/aromatic N) is 2. The number of likely N-dealkylation sites (N-methyl/N-ethyl adjacent to an activating group) is 1. The molecule has 0 saturated heterocycles. The molecule has 0 bridgehead atoms. The topological polar surface area (TPSA) is 36.9 Å². The van der Waals surface area contributed by atoms with Gasteiger partial charge in [-0.25, -0.2) is 0 Å². The highest BCUT2D eigenvalue weighted by Crippen LogP contribution is 2.31. The Balaban J connectivity index is 1.53. The molecule has 2 aliphatic rings. The van der Waals surface area contributed by atoms with Crippen LogP contribution in [0.1, 0.15) is 32.1 Å². The standard InChI is InChI=1S/C14H27N3O/c1-15-14(16-8-7-12-3-4-12)17(2)9-10-18-11-13-5-6-13/h12-13H,3-11H2,1-2H3,(H,15,16). The minimum absolute atomic E-state index is 0.802. The summed E-state index contributed by atoms with van der Waals surface area (Å²) in [6.45, 7) is 3.71. The van der Waals surface area contributed by atoms with Crippen molar-refractivity contribution in [2.45, 2.75) is 32.1 Å². The van der Waals surface area contributed by atoms with Gasteiger partial charge in [-0.2, -0.15) is 0 Å². The van der Waals surface area contributed by atoms with Crippen LogP contribution in [0.5, 0.6) is 0 Å². The van der Waals surface area contributed by atoms with Crippen LogP contribution < -0.4 is 5.32 Å². The Kier molecular flexibility index (Phi) is 5.29. The van der Waals surface area contributed by atoms with E-state index < -0.39 is 0 Å². The third-order valence-corrected chi connectivity index (χ3v) is 3.73. The van der Waals surface area contributed by atoms with E-state index in [9.17, 15) is 0 Å². The molecule has 0 aromatic heterocycles. The molecule has 1 N–H and O–H groups in total. The molecular weight excluding hydrogens is 226 g/mol. The van der Waals surface area contributed by atoms with Crippen molar-refractivity contribution in [2.75, 3.05) is 40.4 Å². The maximum Gasteiger partial charge on any atom is 0.193 e. The van der Waals surface area contributed by atoms with Crippen molar-refractivity contribution in [2.24, 2.45) is 16.8 Å². The van der Waals surface area contributed by atoms with Crippen LogP contribution >= 0.6 is 0 Å². The van der Waals surface area contributed by atoms with Gasteiger partial charge in [-0.3, -0.25) is 4.99 Å². The Morgan fingerprint density at radius 1 is 1.28 bits per heavy atom. The highest BCUT2D eigenvalue weighted by atomic mass is 16.5. The first-order valence-corrected chi connectivity index (χ1v) is 7.29. The SMILES string of the molecule is CN=C(NCCC1CC1)N(C)CCOCC1CC1. The number of rotatable bonds is 8. The molecule has 0 aromatic carbocycles. The summed E-state index contributed by atoms with van der Waals surface area (Å²) in [6.07, 6.45) is 6.85. The Morgan fingerprint density at radius 2 is 2.00 bits per heavy atom. The summed E-state index contributed by atoms with van der Waals surface area (Å²) in [7, 11) is 3.92. The van der Waals surface area contributed by atoms with Gasteiger partial charge in [0.25, 0.3) is 0 Å². The van der Waals surface area contributed by atoms with Crippen LogP contribution in [0.15, 0.2) is 4.99 Å². The van der Waals surface area contributed by atoms with Gasteiger partial charge in [0.2, 0.25) is 0 Å². The fourth-order valence-electron chi connectivity index (χ4n) is 2.02. The minimum atomic E-state index is 0.802. The van der Waals surface area contributed by atoms with E-state index in [1.165, 1.54) is 32.1 Å². The van der Waals surface area contributed by atoms with E-state index in [-0.39, 0.29) is 0 Å². The first kappa shape index (κ1) is 13.7. The molecule has 4 nitrogen and oxygen atoms in total. The van der Waals surface area contributed by atoms with E-state index in [0.717, 1.165) is 44.1 Å². The molecule has 2 fully saturated rings. The maximum atomic E-state index is 5.65. The molecule has 2 saturated carbocycles. The summed E-state index contributed by atoms with van der Waals surface area (Å²) in [5, 5.41) is 3.42. The van der Waals surface area contributed by atoms with Gasteiger partial charge in [0, 0.05) is 33.8 Å². The van der Waals surface area contributed by atoms with Crippen LogP contribution in [-0.4, -0.2) is 51.3 Å². The summed E-state index contributed by atoms with van der Waals surface area (Å²) >= 11 is 0. The van der Waals surface area contributed by atoms with Gasteiger partial charge < -0.3 is 15.0 Å². The first-order chi connectivity index (χ1) is 8.79. The predicted octanol–water partition coefficient (Wildman–Crippen LogP) is 1.72. The van der Waals surface area contributed by atoms with E-state index in [0.29, 0.717) is 0 Å². The van der Waals surface area contributed by atoms with E-state index in [1.807, 2.05) is 7.05 Å². The molecule has 18 heavy (non-hydrogen) atoms. The molecule has 2 rings (SSSR count). The third-order valence-electron chi connectivity index (χ3n) is 3.73. The first-order valence-electron chi connectivity index (χ1n) is 7.29. The van der Waals surface area contributed by atoms with Crippen LogP contribution in [0.25, 0.3) is 0 Å². The number of hydrogen-bond acceptors (Lipinski definition) is 2. The molecule has 0 aliphatic heterocycles. The molecule has 2 aliphatic carbocycles. The van der Waals surface area contributed by atoms with Crippen molar-refractivity contribution < 1.29 is 4.74 Å². The Labute approximate surface area is 111 Å². The molecule has 104 valence electrons. The number of guanidine groups is 1. The third kappa shape index (κ3) is 5.25. The lowest BCUT2D eigenvalue weighted by Crippen LogP contribution is -2.41. The Bertz CT molecular complexity index is 272. The van der Waals surface area contributed by atoms with Crippen molar-refractivity contribution in [3.05, 3.63) is 0 Å².